The van der Waals surface area contributed by atoms with Crippen LogP contribution in [0.2, 0.25) is 5.15 Å². The zero-order valence-corrected chi connectivity index (χ0v) is 11.0. The first-order chi connectivity index (χ1) is 9.47. The van der Waals surface area contributed by atoms with Gasteiger partial charge in [-0.1, -0.05) is 23.7 Å². The number of hydrogen-bond acceptors (Lipinski definition) is 7. The third-order valence-corrected chi connectivity index (χ3v) is 2.79. The van der Waals surface area contributed by atoms with Crippen LogP contribution in [0.25, 0.3) is 0 Å². The lowest BCUT2D eigenvalue weighted by Crippen LogP contribution is -2.08. The molecule has 0 fully saturated rings. The zero-order chi connectivity index (χ0) is 14.7. The number of nitrogens with two attached hydrogens (primary N) is 2. The highest BCUT2D eigenvalue weighted by atomic mass is 35.5. The van der Waals surface area contributed by atoms with Crippen molar-refractivity contribution >= 4 is 34.7 Å². The Labute approximate surface area is 118 Å². The summed E-state index contributed by atoms with van der Waals surface area (Å²) in [4.78, 5) is 18.0. The summed E-state index contributed by atoms with van der Waals surface area (Å²) in [6.07, 6.45) is 0. The molecule has 0 aliphatic carbocycles. The van der Waals surface area contributed by atoms with Gasteiger partial charge in [0.2, 0.25) is 5.95 Å². The van der Waals surface area contributed by atoms with Crippen LogP contribution in [0.15, 0.2) is 24.3 Å². The van der Waals surface area contributed by atoms with Gasteiger partial charge >= 0.3 is 0 Å². The number of nitrogen functional groups attached to an aromatic ring is 2. The Morgan fingerprint density at radius 1 is 1.35 bits per heavy atom. The molecule has 0 aliphatic rings. The van der Waals surface area contributed by atoms with Crippen molar-refractivity contribution in [2.75, 3.05) is 16.8 Å². The van der Waals surface area contributed by atoms with E-state index in [0.717, 1.165) is 0 Å². The maximum absolute atomic E-state index is 10.7. The van der Waals surface area contributed by atoms with Crippen molar-refractivity contribution in [3.05, 3.63) is 45.1 Å². The smallest absolute Gasteiger partial charge is 0.269 e. The van der Waals surface area contributed by atoms with Crippen molar-refractivity contribution in [3.63, 3.8) is 0 Å². The Balaban J connectivity index is 2.13. The van der Waals surface area contributed by atoms with Crippen molar-refractivity contribution in [3.8, 4) is 0 Å². The van der Waals surface area contributed by atoms with Crippen molar-refractivity contribution in [1.82, 2.24) is 9.97 Å². The maximum atomic E-state index is 10.7. The third-order valence-electron chi connectivity index (χ3n) is 2.50. The minimum atomic E-state index is -0.460. The Morgan fingerprint density at radius 3 is 2.75 bits per heavy atom. The molecule has 0 saturated carbocycles. The second-order valence-corrected chi connectivity index (χ2v) is 4.28. The van der Waals surface area contributed by atoms with Gasteiger partial charge in [-0.15, -0.1) is 0 Å². The summed E-state index contributed by atoms with van der Waals surface area (Å²) in [6, 6.07) is 6.20. The number of halogens is 1. The Hall–Kier alpha value is -2.61. The van der Waals surface area contributed by atoms with Crippen LogP contribution in [-0.2, 0) is 6.54 Å². The van der Waals surface area contributed by atoms with Crippen LogP contribution < -0.4 is 16.8 Å². The van der Waals surface area contributed by atoms with Gasteiger partial charge in [0.1, 0.15) is 5.69 Å². The van der Waals surface area contributed by atoms with Crippen LogP contribution >= 0.6 is 11.6 Å². The monoisotopic (exact) mass is 294 g/mol. The van der Waals surface area contributed by atoms with Crippen molar-refractivity contribution in [2.24, 2.45) is 0 Å². The molecule has 0 atom stereocenters. The number of nitrogens with one attached hydrogen (secondary N) is 1. The number of nitro groups is 1. The molecule has 0 saturated heterocycles. The topological polar surface area (TPSA) is 133 Å². The van der Waals surface area contributed by atoms with Gasteiger partial charge in [0.25, 0.3) is 5.69 Å². The highest BCUT2D eigenvalue weighted by molar-refractivity contribution is 6.32. The first kappa shape index (κ1) is 13.8. The number of aromatic nitrogens is 2. The van der Waals surface area contributed by atoms with Gasteiger partial charge in [-0.2, -0.15) is 9.97 Å². The van der Waals surface area contributed by atoms with Gasteiger partial charge in [0, 0.05) is 18.7 Å². The molecule has 1 aromatic carbocycles. The minimum Gasteiger partial charge on any atom is -0.393 e. The average Bonchev–Trinajstić information content (AvgIpc) is 2.42. The first-order valence-electron chi connectivity index (χ1n) is 5.53. The van der Waals surface area contributed by atoms with E-state index in [9.17, 15) is 10.1 Å². The molecular formula is C11H11ClN6O2. The number of rotatable bonds is 4. The highest BCUT2D eigenvalue weighted by Crippen LogP contribution is 2.23. The summed E-state index contributed by atoms with van der Waals surface area (Å²) in [5.74, 6) is 0.278. The van der Waals surface area contributed by atoms with Crippen LogP contribution in [0, 0.1) is 10.1 Å². The molecule has 5 N–H and O–H groups in total. The molecule has 0 spiro atoms. The highest BCUT2D eigenvalue weighted by Gasteiger charge is 2.09. The molecule has 2 aromatic rings. The van der Waals surface area contributed by atoms with Gasteiger partial charge in [0.05, 0.1) is 4.92 Å². The van der Waals surface area contributed by atoms with Crippen LogP contribution in [0.5, 0.6) is 0 Å². The Morgan fingerprint density at radius 2 is 2.10 bits per heavy atom. The molecule has 1 heterocycles. The van der Waals surface area contributed by atoms with E-state index in [2.05, 4.69) is 15.3 Å². The molecule has 0 bridgehead atoms. The van der Waals surface area contributed by atoms with Gasteiger partial charge in [-0.3, -0.25) is 10.1 Å². The molecule has 1 aromatic heterocycles. The summed E-state index contributed by atoms with van der Waals surface area (Å²) in [5, 5.41) is 13.6. The zero-order valence-electron chi connectivity index (χ0n) is 10.2. The number of nitrogens with zero attached hydrogens (tertiary/aromatic N) is 3. The summed E-state index contributed by atoms with van der Waals surface area (Å²) in [7, 11) is 0. The molecular weight excluding hydrogens is 284 g/mol. The molecule has 2 rings (SSSR count). The van der Waals surface area contributed by atoms with Crippen LogP contribution in [0.3, 0.4) is 0 Å². The second-order valence-electron chi connectivity index (χ2n) is 3.92. The number of anilines is 3. The summed E-state index contributed by atoms with van der Waals surface area (Å²) < 4.78 is 0. The van der Waals surface area contributed by atoms with E-state index in [1.807, 2.05) is 0 Å². The van der Waals surface area contributed by atoms with Crippen molar-refractivity contribution < 1.29 is 4.92 Å². The van der Waals surface area contributed by atoms with Gasteiger partial charge in [-0.05, 0) is 5.56 Å². The minimum absolute atomic E-state index is 0.0140. The second kappa shape index (κ2) is 5.57. The molecule has 9 heteroatoms. The van der Waals surface area contributed by atoms with Gasteiger partial charge in [0.15, 0.2) is 11.0 Å². The van der Waals surface area contributed by atoms with Gasteiger partial charge < -0.3 is 16.8 Å². The summed E-state index contributed by atoms with van der Waals surface area (Å²) in [6.45, 7) is 0.293. The van der Waals surface area contributed by atoms with E-state index in [1.165, 1.54) is 12.1 Å². The molecule has 0 amide bonds. The van der Waals surface area contributed by atoms with Gasteiger partial charge in [-0.25, -0.2) is 0 Å². The van der Waals surface area contributed by atoms with Crippen LogP contribution in [-0.4, -0.2) is 14.9 Å². The normalized spacial score (nSPS) is 10.2. The molecule has 0 radical (unpaired) electrons. The lowest BCUT2D eigenvalue weighted by atomic mass is 10.2. The molecule has 8 nitrogen and oxygen atoms in total. The SMILES string of the molecule is Nc1nc(NCc2cccc([N+](=O)[O-])c2)nc(Cl)c1N. The first-order valence-corrected chi connectivity index (χ1v) is 5.91. The quantitative estimate of drug-likeness (QED) is 0.445. The van der Waals surface area contributed by atoms with E-state index in [1.54, 1.807) is 12.1 Å². The van der Waals surface area contributed by atoms with E-state index >= 15 is 0 Å². The van der Waals surface area contributed by atoms with Crippen LogP contribution in [0.1, 0.15) is 5.56 Å². The molecule has 20 heavy (non-hydrogen) atoms. The van der Waals surface area contributed by atoms with E-state index in [0.29, 0.717) is 12.1 Å². The van der Waals surface area contributed by atoms with Crippen LogP contribution in [0.4, 0.5) is 23.1 Å². The fraction of sp³-hybridized carbons (Fsp3) is 0.0909. The van der Waals surface area contributed by atoms with E-state index in [4.69, 9.17) is 23.1 Å². The third kappa shape index (κ3) is 3.04. The Bertz CT molecular complexity index is 640. The molecule has 0 unspecified atom stereocenters. The van der Waals surface area contributed by atoms with Crippen molar-refractivity contribution in [2.45, 2.75) is 6.54 Å². The maximum Gasteiger partial charge on any atom is 0.269 e. The lowest BCUT2D eigenvalue weighted by Gasteiger charge is -2.07. The lowest BCUT2D eigenvalue weighted by molar-refractivity contribution is -0.384. The Kier molecular flexibility index (Phi) is 3.85. The summed E-state index contributed by atoms with van der Waals surface area (Å²) in [5.41, 5.74) is 11.9. The summed E-state index contributed by atoms with van der Waals surface area (Å²) >= 11 is 5.78. The number of nitro benzene ring substituents is 1. The largest absolute Gasteiger partial charge is 0.393 e. The standard InChI is InChI=1S/C11H11ClN6O2/c12-9-8(13)10(14)17-11(16-9)15-5-6-2-1-3-7(4-6)18(19)20/h1-4H,5,13H2,(H3,14,15,16,17). The molecule has 104 valence electrons. The predicted molar refractivity (Wildman–Crippen MR) is 76.3 cm³/mol. The van der Waals surface area contributed by atoms with E-state index < -0.39 is 4.92 Å². The average molecular weight is 295 g/mol. The number of hydrogen-bond donors (Lipinski definition) is 3. The van der Waals surface area contributed by atoms with Crippen molar-refractivity contribution in [1.29, 1.82) is 0 Å². The predicted octanol–water partition coefficient (Wildman–Crippen LogP) is 1.81. The fourth-order valence-electron chi connectivity index (χ4n) is 1.50. The molecule has 0 aliphatic heterocycles. The fourth-order valence-corrected chi connectivity index (χ4v) is 1.68. The number of benzene rings is 1. The number of non-ortho nitro benzene ring substituents is 1. The van der Waals surface area contributed by atoms with E-state index in [-0.39, 0.29) is 28.3 Å².